The molecule has 0 fully saturated rings. The van der Waals surface area contributed by atoms with E-state index >= 15 is 0 Å². The molecule has 33 heavy (non-hydrogen) atoms. The summed E-state index contributed by atoms with van der Waals surface area (Å²) in [5.74, 6) is 1.13. The van der Waals surface area contributed by atoms with Gasteiger partial charge in [0.1, 0.15) is 5.75 Å². The molecule has 0 aliphatic rings. The predicted molar refractivity (Wildman–Crippen MR) is 123 cm³/mol. The molecule has 4 rings (SSSR count). The number of rotatable bonds is 6. The molecule has 0 saturated heterocycles. The molecule has 168 valence electrons. The highest BCUT2D eigenvalue weighted by atomic mass is 35.5. The second-order valence-corrected chi connectivity index (χ2v) is 8.15. The Balaban J connectivity index is 1.62. The maximum atomic E-state index is 12.5. The predicted octanol–water partition coefficient (Wildman–Crippen LogP) is 4.49. The van der Waals surface area contributed by atoms with E-state index in [9.17, 15) is 4.79 Å². The van der Waals surface area contributed by atoms with Crippen molar-refractivity contribution >= 4 is 17.7 Å². The summed E-state index contributed by atoms with van der Waals surface area (Å²) < 4.78 is 7.21. The van der Waals surface area contributed by atoms with Crippen LogP contribution in [0.1, 0.15) is 37.0 Å². The average Bonchev–Trinajstić information content (AvgIpc) is 3.29. The van der Waals surface area contributed by atoms with Crippen LogP contribution in [0.15, 0.2) is 54.9 Å². The number of carbonyl (C=O) groups excluding carboxylic acids is 1. The van der Waals surface area contributed by atoms with Gasteiger partial charge in [-0.1, -0.05) is 37.6 Å². The fourth-order valence-corrected chi connectivity index (χ4v) is 3.25. The van der Waals surface area contributed by atoms with Gasteiger partial charge >= 0.3 is 6.09 Å². The largest absolute Gasteiger partial charge is 0.412 e. The third-order valence-corrected chi connectivity index (χ3v) is 5.03. The number of hydrogen-bond donors (Lipinski definition) is 1. The molecule has 2 heterocycles. The molecule has 9 nitrogen and oxygen atoms in total. The smallest absolute Gasteiger partial charge is 0.410 e. The van der Waals surface area contributed by atoms with Crippen LogP contribution in [0.5, 0.6) is 5.75 Å². The van der Waals surface area contributed by atoms with Crippen molar-refractivity contribution in [3.05, 3.63) is 77.1 Å². The molecule has 10 heteroatoms. The van der Waals surface area contributed by atoms with E-state index in [1.165, 1.54) is 0 Å². The molecule has 2 aromatic carbocycles. The first-order valence-corrected chi connectivity index (χ1v) is 10.7. The van der Waals surface area contributed by atoms with Crippen LogP contribution in [0.25, 0.3) is 16.8 Å². The topological polar surface area (TPSA) is 108 Å². The highest BCUT2D eigenvalue weighted by molar-refractivity contribution is 6.30. The molecule has 1 N–H and O–H groups in total. The van der Waals surface area contributed by atoms with E-state index in [0.29, 0.717) is 28.0 Å². The number of halogens is 1. The van der Waals surface area contributed by atoms with Gasteiger partial charge in [0, 0.05) is 23.2 Å². The van der Waals surface area contributed by atoms with E-state index in [2.05, 4.69) is 30.8 Å². The normalized spacial score (nSPS) is 10.9. The Hall–Kier alpha value is -3.85. The highest BCUT2D eigenvalue weighted by Crippen LogP contribution is 2.30. The number of hydrogen-bond acceptors (Lipinski definition) is 7. The van der Waals surface area contributed by atoms with E-state index in [-0.39, 0.29) is 12.5 Å². The summed E-state index contributed by atoms with van der Waals surface area (Å²) in [4.78, 5) is 20.9. The summed E-state index contributed by atoms with van der Waals surface area (Å²) >= 11 is 6.04. The minimum atomic E-state index is -0.614. The van der Waals surface area contributed by atoms with Gasteiger partial charge < -0.3 is 10.1 Å². The van der Waals surface area contributed by atoms with Crippen molar-refractivity contribution in [2.24, 2.45) is 0 Å². The minimum absolute atomic E-state index is 0.0995. The lowest BCUT2D eigenvalue weighted by Crippen LogP contribution is -2.26. The Morgan fingerprint density at radius 3 is 2.58 bits per heavy atom. The Morgan fingerprint density at radius 1 is 1.09 bits per heavy atom. The van der Waals surface area contributed by atoms with Gasteiger partial charge in [0.2, 0.25) is 0 Å². The van der Waals surface area contributed by atoms with Crippen LogP contribution in [0, 0.1) is 6.92 Å². The summed E-state index contributed by atoms with van der Waals surface area (Å²) in [6, 6.07) is 12.8. The Kier molecular flexibility index (Phi) is 6.60. The summed E-state index contributed by atoms with van der Waals surface area (Å²) in [5, 5.41) is 15.4. The van der Waals surface area contributed by atoms with Crippen molar-refractivity contribution in [2.75, 3.05) is 0 Å². The maximum Gasteiger partial charge on any atom is 0.412 e. The standard InChI is InChI=1S/C23H22ClN7O2/c1-14(2)22-28-29-30-31(22)20-8-17(16-4-6-18(24)7-5-16)9-21(10-20)33-23(32)27-13-19-12-25-15(3)11-26-19/h4-12,14H,13H2,1-3H3,(H,27,32). The van der Waals surface area contributed by atoms with Gasteiger partial charge in [-0.25, -0.2) is 4.79 Å². The summed E-state index contributed by atoms with van der Waals surface area (Å²) in [5.41, 5.74) is 3.82. The fraction of sp³-hybridized carbons (Fsp3) is 0.217. The first-order chi connectivity index (χ1) is 15.9. The molecule has 1 amide bonds. The SMILES string of the molecule is Cc1cnc(CNC(=O)Oc2cc(-c3ccc(Cl)cc3)cc(-n3nnnc3C(C)C)c2)cn1. The fourth-order valence-electron chi connectivity index (χ4n) is 3.13. The summed E-state index contributed by atoms with van der Waals surface area (Å²) in [6.07, 6.45) is 2.64. The number of benzene rings is 2. The number of nitrogens with zero attached hydrogens (tertiary/aromatic N) is 6. The number of aromatic nitrogens is 6. The molecule has 0 radical (unpaired) electrons. The molecule has 0 aliphatic carbocycles. The molecular formula is C23H22ClN7O2. The first-order valence-electron chi connectivity index (χ1n) is 10.3. The zero-order valence-electron chi connectivity index (χ0n) is 18.4. The number of ether oxygens (including phenoxy) is 1. The van der Waals surface area contributed by atoms with Crippen molar-refractivity contribution in [3.8, 4) is 22.6 Å². The van der Waals surface area contributed by atoms with Gasteiger partial charge in [-0.15, -0.1) is 5.10 Å². The molecule has 0 aliphatic heterocycles. The quantitative estimate of drug-likeness (QED) is 0.448. The molecular weight excluding hydrogens is 442 g/mol. The lowest BCUT2D eigenvalue weighted by atomic mass is 10.0. The molecule has 0 spiro atoms. The third-order valence-electron chi connectivity index (χ3n) is 4.78. The lowest BCUT2D eigenvalue weighted by Gasteiger charge is -2.13. The monoisotopic (exact) mass is 463 g/mol. The maximum absolute atomic E-state index is 12.5. The minimum Gasteiger partial charge on any atom is -0.410 e. The lowest BCUT2D eigenvalue weighted by molar-refractivity contribution is 0.200. The van der Waals surface area contributed by atoms with Crippen molar-refractivity contribution in [1.82, 2.24) is 35.5 Å². The number of carbonyl (C=O) groups is 1. The average molecular weight is 464 g/mol. The second-order valence-electron chi connectivity index (χ2n) is 7.72. The van der Waals surface area contributed by atoms with Crippen LogP contribution >= 0.6 is 11.6 Å². The highest BCUT2D eigenvalue weighted by Gasteiger charge is 2.15. The van der Waals surface area contributed by atoms with E-state index < -0.39 is 6.09 Å². The summed E-state index contributed by atoms with van der Waals surface area (Å²) in [7, 11) is 0. The van der Waals surface area contributed by atoms with E-state index in [1.54, 1.807) is 41.3 Å². The van der Waals surface area contributed by atoms with Crippen LogP contribution in [-0.4, -0.2) is 36.3 Å². The Morgan fingerprint density at radius 2 is 1.88 bits per heavy atom. The molecule has 2 aromatic heterocycles. The molecule has 4 aromatic rings. The molecule has 0 bridgehead atoms. The Labute approximate surface area is 195 Å². The van der Waals surface area contributed by atoms with Crippen LogP contribution in [0.3, 0.4) is 0 Å². The zero-order chi connectivity index (χ0) is 23.4. The van der Waals surface area contributed by atoms with E-state index in [4.69, 9.17) is 16.3 Å². The second kappa shape index (κ2) is 9.74. The van der Waals surface area contributed by atoms with Crippen LogP contribution in [0.4, 0.5) is 4.79 Å². The number of amides is 1. The van der Waals surface area contributed by atoms with Crippen molar-refractivity contribution < 1.29 is 9.53 Å². The first kappa shape index (κ1) is 22.3. The third kappa shape index (κ3) is 5.50. The zero-order valence-corrected chi connectivity index (χ0v) is 19.1. The van der Waals surface area contributed by atoms with Crippen molar-refractivity contribution in [3.63, 3.8) is 0 Å². The van der Waals surface area contributed by atoms with E-state index in [1.807, 2.05) is 39.0 Å². The summed E-state index contributed by atoms with van der Waals surface area (Å²) in [6.45, 7) is 6.05. The van der Waals surface area contributed by atoms with Gasteiger partial charge in [0.05, 0.1) is 29.8 Å². The number of aryl methyl sites for hydroxylation is 1. The van der Waals surface area contributed by atoms with Crippen molar-refractivity contribution in [2.45, 2.75) is 33.2 Å². The van der Waals surface area contributed by atoms with Crippen LogP contribution in [-0.2, 0) is 6.54 Å². The van der Waals surface area contributed by atoms with Gasteiger partial charge in [-0.3, -0.25) is 9.97 Å². The van der Waals surface area contributed by atoms with Crippen molar-refractivity contribution in [1.29, 1.82) is 0 Å². The Bertz CT molecular complexity index is 1250. The van der Waals surface area contributed by atoms with Gasteiger partial charge in [-0.2, -0.15) is 4.68 Å². The number of nitrogens with one attached hydrogen (secondary N) is 1. The molecule has 0 saturated carbocycles. The molecule has 0 unspecified atom stereocenters. The van der Waals surface area contributed by atoms with Crippen LogP contribution < -0.4 is 10.1 Å². The van der Waals surface area contributed by atoms with Crippen LogP contribution in [0.2, 0.25) is 5.02 Å². The van der Waals surface area contributed by atoms with Gasteiger partial charge in [-0.05, 0) is 52.7 Å². The van der Waals surface area contributed by atoms with E-state index in [0.717, 1.165) is 16.8 Å². The molecule has 0 atom stereocenters. The van der Waals surface area contributed by atoms with Gasteiger partial charge in [0.25, 0.3) is 0 Å². The van der Waals surface area contributed by atoms with Gasteiger partial charge in [0.15, 0.2) is 5.82 Å². The number of tetrazole rings is 1.